The van der Waals surface area contributed by atoms with Crippen LogP contribution in [-0.2, 0) is 6.18 Å². The van der Waals surface area contributed by atoms with Crippen LogP contribution in [0.1, 0.15) is 27.6 Å². The van der Waals surface area contributed by atoms with Crippen molar-refractivity contribution in [3.05, 3.63) is 64.7 Å². The summed E-state index contributed by atoms with van der Waals surface area (Å²) in [7, 11) is 1.50. The number of benzene rings is 2. The van der Waals surface area contributed by atoms with Crippen molar-refractivity contribution in [2.24, 2.45) is 0 Å². The fourth-order valence-electron chi connectivity index (χ4n) is 2.10. The molecule has 0 bridgehead atoms. The van der Waals surface area contributed by atoms with E-state index in [4.69, 9.17) is 16.3 Å². The van der Waals surface area contributed by atoms with Gasteiger partial charge in [-0.2, -0.15) is 13.2 Å². The summed E-state index contributed by atoms with van der Waals surface area (Å²) in [5.74, 6) is 0.554. The second kappa shape index (κ2) is 5.98. The van der Waals surface area contributed by atoms with Gasteiger partial charge in [0.05, 0.1) is 18.1 Å². The van der Waals surface area contributed by atoms with E-state index >= 15 is 0 Å². The van der Waals surface area contributed by atoms with Gasteiger partial charge in [0.2, 0.25) is 0 Å². The van der Waals surface area contributed by atoms with Crippen LogP contribution in [0.5, 0.6) is 5.75 Å². The van der Waals surface area contributed by atoms with Gasteiger partial charge < -0.3 is 4.74 Å². The first-order valence-electron chi connectivity index (χ1n) is 6.28. The monoisotopic (exact) mass is 314 g/mol. The van der Waals surface area contributed by atoms with Crippen LogP contribution in [-0.4, -0.2) is 7.11 Å². The molecule has 0 saturated carbocycles. The van der Waals surface area contributed by atoms with Crippen molar-refractivity contribution in [1.82, 2.24) is 0 Å². The Balaban J connectivity index is 2.45. The molecule has 0 aliphatic rings. The van der Waals surface area contributed by atoms with Crippen LogP contribution in [0, 0.1) is 6.92 Å². The second-order valence-corrected chi connectivity index (χ2v) is 5.17. The van der Waals surface area contributed by atoms with Crippen LogP contribution in [0.4, 0.5) is 13.2 Å². The predicted molar refractivity (Wildman–Crippen MR) is 76.9 cm³/mol. The van der Waals surface area contributed by atoms with Gasteiger partial charge in [-0.1, -0.05) is 29.8 Å². The Morgan fingerprint density at radius 1 is 1.10 bits per heavy atom. The molecule has 2 rings (SSSR count). The largest absolute Gasteiger partial charge is 0.496 e. The summed E-state index contributed by atoms with van der Waals surface area (Å²) < 4.78 is 43.6. The summed E-state index contributed by atoms with van der Waals surface area (Å²) in [6.07, 6.45) is -4.39. The minimum atomic E-state index is -4.39. The fourth-order valence-corrected chi connectivity index (χ4v) is 2.41. The first-order valence-corrected chi connectivity index (χ1v) is 6.72. The number of ether oxygens (including phenoxy) is 1. The van der Waals surface area contributed by atoms with E-state index in [9.17, 15) is 13.2 Å². The third-order valence-electron chi connectivity index (χ3n) is 3.16. The number of methoxy groups -OCH3 is 1. The minimum absolute atomic E-state index is 0.385. The first-order chi connectivity index (χ1) is 9.82. The van der Waals surface area contributed by atoms with Gasteiger partial charge in [-0.05, 0) is 30.7 Å². The lowest BCUT2D eigenvalue weighted by Crippen LogP contribution is -2.06. The summed E-state index contributed by atoms with van der Waals surface area (Å²) in [5.41, 5.74) is 1.29. The predicted octanol–water partition coefficient (Wildman–Crippen LogP) is 5.35. The average Bonchev–Trinajstić information content (AvgIpc) is 2.45. The number of hydrogen-bond acceptors (Lipinski definition) is 1. The zero-order valence-electron chi connectivity index (χ0n) is 11.5. The van der Waals surface area contributed by atoms with Crippen LogP contribution in [0.3, 0.4) is 0 Å². The van der Waals surface area contributed by atoms with E-state index in [1.165, 1.54) is 13.2 Å². The van der Waals surface area contributed by atoms with Gasteiger partial charge in [0, 0.05) is 5.56 Å². The third kappa shape index (κ3) is 3.50. The molecule has 0 fully saturated rings. The van der Waals surface area contributed by atoms with Crippen molar-refractivity contribution < 1.29 is 17.9 Å². The van der Waals surface area contributed by atoms with Gasteiger partial charge in [-0.3, -0.25) is 0 Å². The highest BCUT2D eigenvalue weighted by molar-refractivity contribution is 6.22. The Kier molecular flexibility index (Phi) is 4.47. The number of rotatable bonds is 3. The molecule has 1 unspecified atom stereocenters. The second-order valence-electron chi connectivity index (χ2n) is 4.73. The molecule has 1 atom stereocenters. The highest BCUT2D eigenvalue weighted by Crippen LogP contribution is 2.38. The van der Waals surface area contributed by atoms with Crippen LogP contribution in [0.25, 0.3) is 0 Å². The molecular weight excluding hydrogens is 301 g/mol. The maximum absolute atomic E-state index is 12.8. The SMILES string of the molecule is COc1ccc(C)cc1C(Cl)c1cccc(C(F)(F)F)c1. The Bertz CT molecular complexity index is 638. The molecule has 0 spiro atoms. The minimum Gasteiger partial charge on any atom is -0.496 e. The highest BCUT2D eigenvalue weighted by atomic mass is 35.5. The molecule has 2 aromatic carbocycles. The van der Waals surface area contributed by atoms with E-state index in [-0.39, 0.29) is 0 Å². The summed E-state index contributed by atoms with van der Waals surface area (Å²) in [4.78, 5) is 0. The van der Waals surface area contributed by atoms with E-state index in [0.29, 0.717) is 16.9 Å². The van der Waals surface area contributed by atoms with Crippen LogP contribution >= 0.6 is 11.6 Å². The van der Waals surface area contributed by atoms with Crippen molar-refractivity contribution in [1.29, 1.82) is 0 Å². The van der Waals surface area contributed by atoms with Gasteiger partial charge >= 0.3 is 6.18 Å². The molecule has 0 N–H and O–H groups in total. The van der Waals surface area contributed by atoms with Gasteiger partial charge in [0.25, 0.3) is 0 Å². The van der Waals surface area contributed by atoms with E-state index in [2.05, 4.69) is 0 Å². The molecule has 0 saturated heterocycles. The smallest absolute Gasteiger partial charge is 0.416 e. The molecule has 0 aliphatic carbocycles. The number of hydrogen-bond donors (Lipinski definition) is 0. The van der Waals surface area contributed by atoms with Crippen molar-refractivity contribution in [3.8, 4) is 5.75 Å². The van der Waals surface area contributed by atoms with Gasteiger partial charge in [0.15, 0.2) is 0 Å². The molecule has 0 radical (unpaired) electrons. The number of aryl methyl sites for hydroxylation is 1. The van der Waals surface area contributed by atoms with Crippen molar-refractivity contribution in [3.63, 3.8) is 0 Å². The molecule has 112 valence electrons. The summed E-state index contributed by atoms with van der Waals surface area (Å²) in [6, 6.07) is 10.5. The number of alkyl halides is 4. The Hall–Kier alpha value is -1.68. The standard InChI is InChI=1S/C16H14ClF3O/c1-10-6-7-14(21-2)13(8-10)15(17)11-4-3-5-12(9-11)16(18,19)20/h3-9,15H,1-2H3. The Labute approximate surface area is 126 Å². The lowest BCUT2D eigenvalue weighted by molar-refractivity contribution is -0.137. The molecule has 0 aliphatic heterocycles. The quantitative estimate of drug-likeness (QED) is 0.694. The molecule has 0 aromatic heterocycles. The maximum atomic E-state index is 12.8. The normalized spacial score (nSPS) is 13.0. The molecule has 2 aromatic rings. The first kappa shape index (κ1) is 15.7. The van der Waals surface area contributed by atoms with Gasteiger partial charge in [0.1, 0.15) is 5.75 Å². The third-order valence-corrected chi connectivity index (χ3v) is 3.65. The molecule has 1 nitrogen and oxygen atoms in total. The van der Waals surface area contributed by atoms with Crippen LogP contribution in [0.2, 0.25) is 0 Å². The summed E-state index contributed by atoms with van der Waals surface area (Å²) in [5, 5.41) is -0.706. The topological polar surface area (TPSA) is 9.23 Å². The van der Waals surface area contributed by atoms with E-state index in [1.54, 1.807) is 12.1 Å². The van der Waals surface area contributed by atoms with E-state index < -0.39 is 17.1 Å². The number of halogens is 4. The lowest BCUT2D eigenvalue weighted by Gasteiger charge is -2.16. The van der Waals surface area contributed by atoms with Crippen molar-refractivity contribution in [2.45, 2.75) is 18.5 Å². The molecule has 0 amide bonds. The van der Waals surface area contributed by atoms with E-state index in [1.807, 2.05) is 19.1 Å². The van der Waals surface area contributed by atoms with Crippen LogP contribution in [0.15, 0.2) is 42.5 Å². The van der Waals surface area contributed by atoms with Crippen molar-refractivity contribution in [2.75, 3.05) is 7.11 Å². The van der Waals surface area contributed by atoms with Gasteiger partial charge in [-0.15, -0.1) is 11.6 Å². The maximum Gasteiger partial charge on any atom is 0.416 e. The lowest BCUT2D eigenvalue weighted by atomic mass is 10.00. The molecule has 0 heterocycles. The zero-order valence-corrected chi connectivity index (χ0v) is 12.3. The van der Waals surface area contributed by atoms with Crippen molar-refractivity contribution >= 4 is 11.6 Å². The van der Waals surface area contributed by atoms with E-state index in [0.717, 1.165) is 17.7 Å². The fraction of sp³-hybridized carbons (Fsp3) is 0.250. The molecular formula is C16H14ClF3O. The summed E-state index contributed by atoms with van der Waals surface area (Å²) in [6.45, 7) is 1.89. The Morgan fingerprint density at radius 3 is 2.43 bits per heavy atom. The van der Waals surface area contributed by atoms with Gasteiger partial charge in [-0.25, -0.2) is 0 Å². The molecule has 21 heavy (non-hydrogen) atoms. The summed E-state index contributed by atoms with van der Waals surface area (Å²) >= 11 is 6.36. The average molecular weight is 315 g/mol. The van der Waals surface area contributed by atoms with Crippen LogP contribution < -0.4 is 4.74 Å². The highest BCUT2D eigenvalue weighted by Gasteiger charge is 2.31. The zero-order chi connectivity index (χ0) is 15.6. The molecule has 5 heteroatoms. The Morgan fingerprint density at radius 2 is 1.81 bits per heavy atom.